The Morgan fingerprint density at radius 3 is 2.57 bits per heavy atom. The Kier molecular flexibility index (Phi) is 3.22. The number of H-pyrrole nitrogens is 1. The molecule has 0 aliphatic rings. The predicted molar refractivity (Wildman–Crippen MR) is 88.3 cm³/mol. The van der Waals surface area contributed by atoms with Gasteiger partial charge in [0.15, 0.2) is 5.75 Å². The Morgan fingerprint density at radius 2 is 1.76 bits per heavy atom. The molecule has 0 saturated carbocycles. The van der Waals surface area contributed by atoms with Crippen LogP contribution in [0.15, 0.2) is 48.5 Å². The highest BCUT2D eigenvalue weighted by atomic mass is 35.5. The first-order valence-corrected chi connectivity index (χ1v) is 6.66. The topological polar surface area (TPSA) is 28.9 Å². The summed E-state index contributed by atoms with van der Waals surface area (Å²) in [5.41, 5.74) is 4.63. The lowest BCUT2D eigenvalue weighted by Crippen LogP contribution is -2.30. The highest BCUT2D eigenvalue weighted by molar-refractivity contribution is 6.05. The molecule has 0 spiro atoms. The monoisotopic (exact) mass is 299 g/mol. The number of methoxy groups -OCH3 is 1. The fraction of sp³-hybridized carbons (Fsp3) is 0.118. The molecule has 106 valence electrons. The van der Waals surface area contributed by atoms with Crippen molar-refractivity contribution in [1.82, 2.24) is 4.98 Å². The fourth-order valence-electron chi connectivity index (χ4n) is 3.06. The maximum absolute atomic E-state index is 5.51. The van der Waals surface area contributed by atoms with Crippen LogP contribution in [0.5, 0.6) is 5.75 Å². The van der Waals surface area contributed by atoms with Gasteiger partial charge in [-0.05, 0) is 30.3 Å². The average Bonchev–Trinajstić information content (AvgIpc) is 2.85. The largest absolute Gasteiger partial charge is 0.490 e. The van der Waals surface area contributed by atoms with Crippen LogP contribution in [0.2, 0.25) is 0 Å². The van der Waals surface area contributed by atoms with E-state index in [4.69, 9.17) is 4.74 Å². The number of benzene rings is 2. The van der Waals surface area contributed by atoms with Crippen LogP contribution in [0.3, 0.4) is 0 Å². The minimum absolute atomic E-state index is 0. The summed E-state index contributed by atoms with van der Waals surface area (Å²) in [6, 6.07) is 16.7. The van der Waals surface area contributed by atoms with E-state index in [2.05, 4.69) is 53.0 Å². The van der Waals surface area contributed by atoms with Gasteiger partial charge >= 0.3 is 0 Å². The van der Waals surface area contributed by atoms with Crippen molar-refractivity contribution in [3.05, 3.63) is 48.5 Å². The molecule has 0 radical (unpaired) electrons. The third-order valence-corrected chi connectivity index (χ3v) is 3.93. The highest BCUT2D eigenvalue weighted by Crippen LogP contribution is 2.28. The standard InChI is InChI=1S/C17H14N2O.ClH/c1-19-16-11(6-5-9-15(16)20-2)10-14-17(19)12-7-3-4-8-13(12)18-14;/h3-10H,1-2H3;1H/p+1. The Balaban J connectivity index is 0.00000132. The van der Waals surface area contributed by atoms with Crippen molar-refractivity contribution < 1.29 is 9.30 Å². The summed E-state index contributed by atoms with van der Waals surface area (Å²) in [4.78, 5) is 3.49. The number of hydrogen-bond acceptors (Lipinski definition) is 1. The Labute approximate surface area is 128 Å². The number of hydrogen-bond donors (Lipinski definition) is 1. The van der Waals surface area contributed by atoms with E-state index in [0.717, 1.165) is 22.3 Å². The molecule has 21 heavy (non-hydrogen) atoms. The maximum atomic E-state index is 5.51. The number of fused-ring (bicyclic) bond motifs is 4. The van der Waals surface area contributed by atoms with Crippen LogP contribution in [0.4, 0.5) is 0 Å². The molecule has 0 atom stereocenters. The molecule has 2 heterocycles. The van der Waals surface area contributed by atoms with Gasteiger partial charge in [0, 0.05) is 0 Å². The van der Waals surface area contributed by atoms with E-state index in [0.29, 0.717) is 0 Å². The second-order valence-corrected chi connectivity index (χ2v) is 5.03. The van der Waals surface area contributed by atoms with Crippen molar-refractivity contribution >= 4 is 45.2 Å². The number of aromatic nitrogens is 2. The van der Waals surface area contributed by atoms with E-state index in [9.17, 15) is 0 Å². The number of para-hydroxylation sites is 2. The van der Waals surface area contributed by atoms with Crippen LogP contribution in [-0.4, -0.2) is 12.1 Å². The first-order chi connectivity index (χ1) is 9.79. The van der Waals surface area contributed by atoms with Crippen molar-refractivity contribution in [2.45, 2.75) is 0 Å². The number of aryl methyl sites for hydroxylation is 1. The van der Waals surface area contributed by atoms with Gasteiger partial charge in [-0.2, -0.15) is 4.57 Å². The lowest BCUT2D eigenvalue weighted by Gasteiger charge is -2.04. The van der Waals surface area contributed by atoms with Gasteiger partial charge < -0.3 is 9.72 Å². The molecule has 2 aromatic heterocycles. The molecule has 3 nitrogen and oxygen atoms in total. The minimum Gasteiger partial charge on any atom is -0.490 e. The van der Waals surface area contributed by atoms with Crippen LogP contribution >= 0.6 is 12.4 Å². The molecular weight excluding hydrogens is 284 g/mol. The molecule has 0 unspecified atom stereocenters. The summed E-state index contributed by atoms with van der Waals surface area (Å²) in [6.07, 6.45) is 0. The van der Waals surface area contributed by atoms with E-state index >= 15 is 0 Å². The minimum atomic E-state index is 0. The van der Waals surface area contributed by atoms with Gasteiger partial charge in [0.05, 0.1) is 23.4 Å². The van der Waals surface area contributed by atoms with Gasteiger partial charge in [-0.25, -0.2) is 0 Å². The van der Waals surface area contributed by atoms with E-state index in [1.165, 1.54) is 16.3 Å². The molecule has 2 aromatic carbocycles. The number of nitrogens with one attached hydrogen (secondary N) is 1. The first kappa shape index (κ1) is 13.7. The quantitative estimate of drug-likeness (QED) is 0.533. The summed E-state index contributed by atoms with van der Waals surface area (Å²) in [7, 11) is 3.81. The van der Waals surface area contributed by atoms with Crippen molar-refractivity contribution in [2.24, 2.45) is 7.05 Å². The Bertz CT molecular complexity index is 959. The van der Waals surface area contributed by atoms with E-state index < -0.39 is 0 Å². The van der Waals surface area contributed by atoms with Gasteiger partial charge in [0.1, 0.15) is 12.6 Å². The van der Waals surface area contributed by atoms with E-state index in [1.807, 2.05) is 12.1 Å². The second kappa shape index (κ2) is 4.93. The summed E-state index contributed by atoms with van der Waals surface area (Å²) in [5.74, 6) is 0.900. The predicted octanol–water partition coefficient (Wildman–Crippen LogP) is 3.73. The SMILES string of the molecule is COc1cccc2cc3[nH]c4ccccc4c3[n+](C)c12.Cl. The molecule has 1 N–H and O–H groups in total. The Hall–Kier alpha value is -2.26. The summed E-state index contributed by atoms with van der Waals surface area (Å²) >= 11 is 0. The smallest absolute Gasteiger partial charge is 0.255 e. The molecule has 4 heteroatoms. The van der Waals surface area contributed by atoms with Crippen LogP contribution < -0.4 is 9.30 Å². The number of pyridine rings is 1. The summed E-state index contributed by atoms with van der Waals surface area (Å²) in [5, 5.41) is 2.41. The molecule has 0 amide bonds. The van der Waals surface area contributed by atoms with Crippen LogP contribution in [0.25, 0.3) is 32.8 Å². The lowest BCUT2D eigenvalue weighted by molar-refractivity contribution is -0.617. The molecule has 0 fully saturated rings. The molecule has 4 aromatic rings. The fourth-order valence-corrected chi connectivity index (χ4v) is 3.06. The molecular formula is C17H16ClN2O+. The molecule has 0 aliphatic carbocycles. The maximum Gasteiger partial charge on any atom is 0.255 e. The molecule has 0 aliphatic heterocycles. The van der Waals surface area contributed by atoms with Crippen LogP contribution in [-0.2, 0) is 7.05 Å². The molecule has 0 saturated heterocycles. The van der Waals surface area contributed by atoms with Crippen molar-refractivity contribution in [3.8, 4) is 5.75 Å². The van der Waals surface area contributed by atoms with E-state index in [-0.39, 0.29) is 12.4 Å². The van der Waals surface area contributed by atoms with Gasteiger partial charge in [-0.15, -0.1) is 12.4 Å². The van der Waals surface area contributed by atoms with Crippen LogP contribution in [0, 0.1) is 0 Å². The third-order valence-electron chi connectivity index (χ3n) is 3.93. The van der Waals surface area contributed by atoms with Crippen molar-refractivity contribution in [2.75, 3.05) is 7.11 Å². The van der Waals surface area contributed by atoms with Gasteiger partial charge in [-0.1, -0.05) is 18.2 Å². The number of halogens is 1. The van der Waals surface area contributed by atoms with Crippen LogP contribution in [0.1, 0.15) is 0 Å². The number of aromatic amines is 1. The van der Waals surface area contributed by atoms with Gasteiger partial charge in [0.25, 0.3) is 5.52 Å². The number of nitrogens with zero attached hydrogens (tertiary/aromatic N) is 1. The van der Waals surface area contributed by atoms with Gasteiger partial charge in [-0.3, -0.25) is 0 Å². The summed E-state index contributed by atoms with van der Waals surface area (Å²) < 4.78 is 7.73. The highest BCUT2D eigenvalue weighted by Gasteiger charge is 2.19. The molecule has 4 rings (SSSR count). The zero-order valence-corrected chi connectivity index (χ0v) is 12.7. The van der Waals surface area contributed by atoms with Crippen molar-refractivity contribution in [3.63, 3.8) is 0 Å². The third kappa shape index (κ3) is 1.85. The normalized spacial score (nSPS) is 11.0. The average molecular weight is 300 g/mol. The van der Waals surface area contributed by atoms with Gasteiger partial charge in [0.2, 0.25) is 5.52 Å². The summed E-state index contributed by atoms with van der Waals surface area (Å²) in [6.45, 7) is 0. The van der Waals surface area contributed by atoms with E-state index in [1.54, 1.807) is 7.11 Å². The zero-order valence-electron chi connectivity index (χ0n) is 11.9. The lowest BCUT2D eigenvalue weighted by atomic mass is 10.1. The first-order valence-electron chi connectivity index (χ1n) is 6.66. The number of ether oxygens (including phenoxy) is 1. The Morgan fingerprint density at radius 1 is 0.952 bits per heavy atom. The van der Waals surface area contributed by atoms with Crippen molar-refractivity contribution in [1.29, 1.82) is 0 Å². The zero-order chi connectivity index (χ0) is 13.7. The number of rotatable bonds is 1. The second-order valence-electron chi connectivity index (χ2n) is 5.03. The molecule has 0 bridgehead atoms.